The van der Waals surface area contributed by atoms with E-state index in [4.69, 9.17) is 4.74 Å². The zero-order valence-corrected chi connectivity index (χ0v) is 12.9. The van der Waals surface area contributed by atoms with E-state index in [-0.39, 0.29) is 18.3 Å². The molecule has 0 aromatic carbocycles. The molecular weight excluding hydrogens is 262 g/mol. The second-order valence-electron chi connectivity index (χ2n) is 5.86. The summed E-state index contributed by atoms with van der Waals surface area (Å²) in [7, 11) is 4.00. The fourth-order valence-electron chi connectivity index (χ4n) is 2.43. The number of morpholine rings is 1. The van der Waals surface area contributed by atoms with Gasteiger partial charge in [-0.05, 0) is 13.8 Å². The largest absolute Gasteiger partial charge is 0.394 e. The van der Waals surface area contributed by atoms with Crippen molar-refractivity contribution in [2.45, 2.75) is 32.1 Å². The molecule has 0 amide bonds. The molecule has 1 aromatic heterocycles. The minimum Gasteiger partial charge on any atom is -0.394 e. The fraction of sp³-hybridized carbons (Fsp3) is 0.769. The molecule has 2 rings (SSSR count). The minimum atomic E-state index is -0.208. The second kappa shape index (κ2) is 5.75. The van der Waals surface area contributed by atoms with E-state index in [0.29, 0.717) is 0 Å². The van der Waals surface area contributed by atoms with Gasteiger partial charge in [-0.3, -0.25) is 4.90 Å². The SMILES string of the molecule is CN(C)c1ncc(CN2CC(CO)OC(C)(C)C2)s1. The summed E-state index contributed by atoms with van der Waals surface area (Å²) >= 11 is 1.71. The first-order chi connectivity index (χ1) is 8.89. The molecule has 5 nitrogen and oxygen atoms in total. The number of aliphatic hydroxyl groups excluding tert-OH is 1. The smallest absolute Gasteiger partial charge is 0.185 e. The highest BCUT2D eigenvalue weighted by Crippen LogP contribution is 2.26. The summed E-state index contributed by atoms with van der Waals surface area (Å²) < 4.78 is 5.82. The van der Waals surface area contributed by atoms with Crippen LogP contribution in [0.1, 0.15) is 18.7 Å². The summed E-state index contributed by atoms with van der Waals surface area (Å²) in [5, 5.41) is 10.3. The van der Waals surface area contributed by atoms with Crippen LogP contribution in [-0.4, -0.2) is 60.5 Å². The molecule has 1 aliphatic rings. The summed E-state index contributed by atoms with van der Waals surface area (Å²) in [5.41, 5.74) is -0.208. The molecule has 1 atom stereocenters. The fourth-order valence-corrected chi connectivity index (χ4v) is 3.30. The van der Waals surface area contributed by atoms with Gasteiger partial charge in [0.05, 0.1) is 18.3 Å². The molecule has 6 heteroatoms. The number of anilines is 1. The lowest BCUT2D eigenvalue weighted by Crippen LogP contribution is -2.53. The molecule has 0 spiro atoms. The standard InChI is InChI=1S/C13H23N3O2S/c1-13(2)9-16(6-10(8-17)18-13)7-11-5-14-12(19-11)15(3)4/h5,10,17H,6-9H2,1-4H3. The van der Waals surface area contributed by atoms with Gasteiger partial charge in [-0.15, -0.1) is 11.3 Å². The van der Waals surface area contributed by atoms with Crippen LogP contribution in [-0.2, 0) is 11.3 Å². The van der Waals surface area contributed by atoms with Crippen LogP contribution in [0.2, 0.25) is 0 Å². The van der Waals surface area contributed by atoms with E-state index in [9.17, 15) is 5.11 Å². The Morgan fingerprint density at radius 1 is 1.58 bits per heavy atom. The molecule has 1 fully saturated rings. The van der Waals surface area contributed by atoms with Gasteiger partial charge in [0.2, 0.25) is 0 Å². The van der Waals surface area contributed by atoms with Crippen molar-refractivity contribution < 1.29 is 9.84 Å². The van der Waals surface area contributed by atoms with Crippen LogP contribution in [0.15, 0.2) is 6.20 Å². The third kappa shape index (κ3) is 3.89. The zero-order valence-electron chi connectivity index (χ0n) is 12.1. The third-order valence-corrected chi connectivity index (χ3v) is 4.21. The van der Waals surface area contributed by atoms with Crippen LogP contribution in [0.4, 0.5) is 5.13 Å². The van der Waals surface area contributed by atoms with Crippen molar-refractivity contribution in [1.29, 1.82) is 0 Å². The number of rotatable bonds is 4. The Balaban J connectivity index is 2.00. The number of aliphatic hydroxyl groups is 1. The Hall–Kier alpha value is -0.690. The van der Waals surface area contributed by atoms with Gasteiger partial charge in [-0.25, -0.2) is 4.98 Å². The van der Waals surface area contributed by atoms with Crippen molar-refractivity contribution in [3.63, 3.8) is 0 Å². The lowest BCUT2D eigenvalue weighted by Gasteiger charge is -2.42. The van der Waals surface area contributed by atoms with Crippen LogP contribution in [0.25, 0.3) is 0 Å². The lowest BCUT2D eigenvalue weighted by molar-refractivity contribution is -0.150. The van der Waals surface area contributed by atoms with Crippen molar-refractivity contribution in [3.05, 3.63) is 11.1 Å². The van der Waals surface area contributed by atoms with Crippen LogP contribution in [0.5, 0.6) is 0 Å². The molecule has 1 unspecified atom stereocenters. The maximum atomic E-state index is 9.32. The van der Waals surface area contributed by atoms with Gasteiger partial charge in [-0.2, -0.15) is 0 Å². The molecule has 0 bridgehead atoms. The van der Waals surface area contributed by atoms with Gasteiger partial charge in [-0.1, -0.05) is 0 Å². The predicted molar refractivity (Wildman–Crippen MR) is 77.8 cm³/mol. The number of nitrogens with zero attached hydrogens (tertiary/aromatic N) is 3. The first-order valence-electron chi connectivity index (χ1n) is 6.53. The van der Waals surface area contributed by atoms with Crippen LogP contribution in [0, 0.1) is 0 Å². The molecule has 1 aliphatic heterocycles. The van der Waals surface area contributed by atoms with E-state index in [0.717, 1.165) is 24.8 Å². The predicted octanol–water partition coefficient (Wildman–Crippen LogP) is 1.18. The average molecular weight is 285 g/mol. The third-order valence-electron chi connectivity index (χ3n) is 3.06. The molecular formula is C13H23N3O2S. The molecule has 1 N–H and O–H groups in total. The summed E-state index contributed by atoms with van der Waals surface area (Å²) in [6.45, 7) is 6.73. The highest BCUT2D eigenvalue weighted by molar-refractivity contribution is 7.15. The highest BCUT2D eigenvalue weighted by atomic mass is 32.1. The molecule has 0 aliphatic carbocycles. The summed E-state index contributed by atoms with van der Waals surface area (Å²) in [6, 6.07) is 0. The molecule has 108 valence electrons. The maximum absolute atomic E-state index is 9.32. The van der Waals surface area contributed by atoms with Crippen molar-refractivity contribution in [2.75, 3.05) is 38.7 Å². The van der Waals surface area contributed by atoms with E-state index >= 15 is 0 Å². The van der Waals surface area contributed by atoms with Crippen LogP contribution >= 0.6 is 11.3 Å². The van der Waals surface area contributed by atoms with E-state index in [1.165, 1.54) is 4.88 Å². The molecule has 0 radical (unpaired) electrons. The van der Waals surface area contributed by atoms with E-state index < -0.39 is 0 Å². The summed E-state index contributed by atoms with van der Waals surface area (Å²) in [6.07, 6.45) is 1.85. The Morgan fingerprint density at radius 3 is 2.89 bits per heavy atom. The molecule has 19 heavy (non-hydrogen) atoms. The number of ether oxygens (including phenoxy) is 1. The van der Waals surface area contributed by atoms with Crippen molar-refractivity contribution in [3.8, 4) is 0 Å². The normalized spacial score (nSPS) is 23.5. The van der Waals surface area contributed by atoms with Gasteiger partial charge < -0.3 is 14.7 Å². The maximum Gasteiger partial charge on any atom is 0.185 e. The number of thiazole rings is 1. The van der Waals surface area contributed by atoms with Crippen LogP contribution in [0.3, 0.4) is 0 Å². The van der Waals surface area contributed by atoms with Crippen molar-refractivity contribution in [2.24, 2.45) is 0 Å². The van der Waals surface area contributed by atoms with E-state index in [2.05, 4.69) is 23.7 Å². The Morgan fingerprint density at radius 2 is 2.32 bits per heavy atom. The zero-order chi connectivity index (χ0) is 14.0. The van der Waals surface area contributed by atoms with Gasteiger partial charge in [0.15, 0.2) is 5.13 Å². The van der Waals surface area contributed by atoms with E-state index in [1.54, 1.807) is 11.3 Å². The number of aromatic nitrogens is 1. The number of hydrogen-bond donors (Lipinski definition) is 1. The first-order valence-corrected chi connectivity index (χ1v) is 7.34. The van der Waals surface area contributed by atoms with Crippen LogP contribution < -0.4 is 4.90 Å². The van der Waals surface area contributed by atoms with E-state index in [1.807, 2.05) is 25.2 Å². The first kappa shape index (κ1) is 14.7. The Kier molecular flexibility index (Phi) is 4.45. The highest BCUT2D eigenvalue weighted by Gasteiger charge is 2.33. The average Bonchev–Trinajstić information content (AvgIpc) is 2.75. The van der Waals surface area contributed by atoms with Crippen molar-refractivity contribution >= 4 is 16.5 Å². The van der Waals surface area contributed by atoms with Gasteiger partial charge in [0, 0.05) is 44.8 Å². The quantitative estimate of drug-likeness (QED) is 0.900. The molecule has 2 heterocycles. The van der Waals surface area contributed by atoms with Gasteiger partial charge in [0.25, 0.3) is 0 Å². The monoisotopic (exact) mass is 285 g/mol. The Bertz CT molecular complexity index is 420. The topological polar surface area (TPSA) is 48.8 Å². The molecule has 0 saturated carbocycles. The Labute approximate surface area is 118 Å². The minimum absolute atomic E-state index is 0.0750. The summed E-state index contributed by atoms with van der Waals surface area (Å²) in [4.78, 5) is 9.99. The number of hydrogen-bond acceptors (Lipinski definition) is 6. The summed E-state index contributed by atoms with van der Waals surface area (Å²) in [5.74, 6) is 0. The molecule has 1 saturated heterocycles. The van der Waals surface area contributed by atoms with Crippen molar-refractivity contribution in [1.82, 2.24) is 9.88 Å². The second-order valence-corrected chi connectivity index (χ2v) is 6.95. The lowest BCUT2D eigenvalue weighted by atomic mass is 10.1. The van der Waals surface area contributed by atoms with Gasteiger partial charge >= 0.3 is 0 Å². The van der Waals surface area contributed by atoms with Gasteiger partial charge in [0.1, 0.15) is 0 Å². The molecule has 1 aromatic rings.